The Balaban J connectivity index is 2.53. The number of rotatable bonds is 7. The second kappa shape index (κ2) is 10.3. The van der Waals surface area contributed by atoms with Crippen LogP contribution in [0.25, 0.3) is 6.08 Å². The Morgan fingerprint density at radius 2 is 2.17 bits per heavy atom. The third-order valence-corrected chi connectivity index (χ3v) is 3.35. The Morgan fingerprint density at radius 1 is 1.46 bits per heavy atom. The second-order valence-electron chi connectivity index (χ2n) is 4.76. The fourth-order valence-corrected chi connectivity index (χ4v) is 1.89. The summed E-state index contributed by atoms with van der Waals surface area (Å²) >= 11 is 5.12. The summed E-state index contributed by atoms with van der Waals surface area (Å²) in [5.74, 6) is -0.448. The molecule has 0 aromatic heterocycles. The monoisotopic (exact) mass is 352 g/mol. The van der Waals surface area contributed by atoms with Crippen LogP contribution in [0.1, 0.15) is 12.0 Å². The lowest BCUT2D eigenvalue weighted by molar-refractivity contribution is -0.385. The van der Waals surface area contributed by atoms with Crippen LogP contribution in [0.5, 0.6) is 0 Å². The number of amides is 1. The smallest absolute Gasteiger partial charge is 0.276 e. The Labute approximate surface area is 145 Å². The number of hydrogen-bond acceptors (Lipinski definition) is 5. The lowest BCUT2D eigenvalue weighted by Crippen LogP contribution is -2.47. The number of nitro groups is 1. The fraction of sp³-hybridized carbons (Fsp3) is 0.333. The summed E-state index contributed by atoms with van der Waals surface area (Å²) < 4.78 is 4.93. The van der Waals surface area contributed by atoms with Gasteiger partial charge >= 0.3 is 0 Å². The predicted octanol–water partition coefficient (Wildman–Crippen LogP) is 1.48. The minimum absolute atomic E-state index is 0.0646. The van der Waals surface area contributed by atoms with Gasteiger partial charge in [0.15, 0.2) is 5.11 Å². The van der Waals surface area contributed by atoms with Crippen molar-refractivity contribution in [3.8, 4) is 0 Å². The van der Waals surface area contributed by atoms with Gasteiger partial charge in [-0.25, -0.2) is 0 Å². The normalized spacial score (nSPS) is 10.4. The average Bonchev–Trinajstić information content (AvgIpc) is 2.56. The number of hydrazine groups is 1. The number of nitro benzene ring substituents is 1. The van der Waals surface area contributed by atoms with Crippen LogP contribution in [0.4, 0.5) is 5.69 Å². The number of carbonyl (C=O) groups is 1. The number of carbonyl (C=O) groups excluding carboxylic acids is 1. The first kappa shape index (κ1) is 19.5. The third kappa shape index (κ3) is 6.71. The molecule has 130 valence electrons. The SMILES string of the molecule is COCCCNC(=S)N(C)NC(=O)/C=C/c1ccccc1[N+](=O)[O-]. The highest BCUT2D eigenvalue weighted by Gasteiger charge is 2.10. The van der Waals surface area contributed by atoms with Gasteiger partial charge in [0.05, 0.1) is 10.5 Å². The van der Waals surface area contributed by atoms with Gasteiger partial charge in [0, 0.05) is 39.5 Å². The van der Waals surface area contributed by atoms with E-state index in [0.717, 1.165) is 6.42 Å². The van der Waals surface area contributed by atoms with Gasteiger partial charge in [-0.15, -0.1) is 0 Å². The molecule has 1 aromatic rings. The summed E-state index contributed by atoms with van der Waals surface area (Å²) in [6.45, 7) is 1.24. The highest BCUT2D eigenvalue weighted by atomic mass is 32.1. The average molecular weight is 352 g/mol. The predicted molar refractivity (Wildman–Crippen MR) is 95.1 cm³/mol. The highest BCUT2D eigenvalue weighted by molar-refractivity contribution is 7.80. The topological polar surface area (TPSA) is 96.7 Å². The first-order valence-corrected chi connectivity index (χ1v) is 7.59. The molecule has 0 aliphatic heterocycles. The third-order valence-electron chi connectivity index (χ3n) is 2.93. The number of para-hydroxylation sites is 1. The zero-order chi connectivity index (χ0) is 17.9. The van der Waals surface area contributed by atoms with E-state index in [2.05, 4.69) is 10.7 Å². The van der Waals surface area contributed by atoms with Crippen LogP contribution < -0.4 is 10.7 Å². The molecule has 0 aliphatic carbocycles. The summed E-state index contributed by atoms with van der Waals surface area (Å²) in [6.07, 6.45) is 3.39. The van der Waals surface area contributed by atoms with E-state index in [1.807, 2.05) is 0 Å². The van der Waals surface area contributed by atoms with Crippen molar-refractivity contribution in [3.63, 3.8) is 0 Å². The van der Waals surface area contributed by atoms with E-state index < -0.39 is 10.8 Å². The van der Waals surface area contributed by atoms with Crippen LogP contribution in [0.2, 0.25) is 0 Å². The Morgan fingerprint density at radius 3 is 2.83 bits per heavy atom. The Kier molecular flexibility index (Phi) is 8.37. The summed E-state index contributed by atoms with van der Waals surface area (Å²) in [5, 5.41) is 15.6. The highest BCUT2D eigenvalue weighted by Crippen LogP contribution is 2.18. The van der Waals surface area contributed by atoms with Gasteiger partial charge in [-0.3, -0.25) is 25.3 Å². The molecule has 2 N–H and O–H groups in total. The largest absolute Gasteiger partial charge is 0.385 e. The zero-order valence-corrected chi connectivity index (χ0v) is 14.3. The van der Waals surface area contributed by atoms with Crippen molar-refractivity contribution < 1.29 is 14.5 Å². The van der Waals surface area contributed by atoms with Crippen molar-refractivity contribution in [2.75, 3.05) is 27.3 Å². The summed E-state index contributed by atoms with van der Waals surface area (Å²) in [5.41, 5.74) is 2.83. The second-order valence-corrected chi connectivity index (χ2v) is 5.15. The number of benzene rings is 1. The van der Waals surface area contributed by atoms with Crippen molar-refractivity contribution >= 4 is 35.0 Å². The summed E-state index contributed by atoms with van der Waals surface area (Å²) in [4.78, 5) is 22.3. The van der Waals surface area contributed by atoms with Gasteiger partial charge in [-0.05, 0) is 30.8 Å². The molecule has 24 heavy (non-hydrogen) atoms. The molecule has 0 atom stereocenters. The van der Waals surface area contributed by atoms with Crippen molar-refractivity contribution in [2.45, 2.75) is 6.42 Å². The van der Waals surface area contributed by atoms with Gasteiger partial charge < -0.3 is 10.1 Å². The standard InChI is InChI=1S/C15H20N4O4S/c1-18(15(24)16-10-5-11-23-2)17-14(20)9-8-12-6-3-4-7-13(12)19(21)22/h3-4,6-9H,5,10-11H2,1-2H3,(H,16,24)(H,17,20)/b9-8+. The number of thiocarbonyl (C=S) groups is 1. The van der Waals surface area contributed by atoms with Crippen LogP contribution in [-0.4, -0.2) is 48.3 Å². The van der Waals surface area contributed by atoms with Crippen LogP contribution in [-0.2, 0) is 9.53 Å². The van der Waals surface area contributed by atoms with E-state index in [1.165, 1.54) is 23.2 Å². The molecule has 9 heteroatoms. The summed E-state index contributed by atoms with van der Waals surface area (Å²) in [7, 11) is 3.22. The number of ether oxygens (including phenoxy) is 1. The van der Waals surface area contributed by atoms with Gasteiger partial charge in [0.2, 0.25) is 0 Å². The van der Waals surface area contributed by atoms with Crippen LogP contribution in [0, 0.1) is 10.1 Å². The molecule has 0 radical (unpaired) electrons. The van der Waals surface area contributed by atoms with Crippen LogP contribution >= 0.6 is 12.2 Å². The first-order chi connectivity index (χ1) is 11.5. The van der Waals surface area contributed by atoms with E-state index in [0.29, 0.717) is 23.8 Å². The lowest BCUT2D eigenvalue weighted by atomic mass is 10.1. The molecule has 1 aromatic carbocycles. The maximum absolute atomic E-state index is 11.9. The van der Waals surface area contributed by atoms with Gasteiger partial charge in [-0.1, -0.05) is 12.1 Å². The number of hydrogen-bond donors (Lipinski definition) is 2. The number of nitrogens with one attached hydrogen (secondary N) is 2. The van der Waals surface area contributed by atoms with Gasteiger partial charge in [-0.2, -0.15) is 0 Å². The van der Waals surface area contributed by atoms with Crippen molar-refractivity contribution in [3.05, 3.63) is 46.0 Å². The lowest BCUT2D eigenvalue weighted by Gasteiger charge is -2.20. The molecule has 0 saturated carbocycles. The van der Waals surface area contributed by atoms with Crippen molar-refractivity contribution in [1.29, 1.82) is 0 Å². The minimum atomic E-state index is -0.497. The molecule has 8 nitrogen and oxygen atoms in total. The first-order valence-electron chi connectivity index (χ1n) is 7.18. The number of nitrogens with zero attached hydrogens (tertiary/aromatic N) is 2. The molecule has 0 spiro atoms. The van der Waals surface area contributed by atoms with Gasteiger partial charge in [0.1, 0.15) is 0 Å². The molecule has 0 saturated heterocycles. The van der Waals surface area contributed by atoms with Crippen LogP contribution in [0.3, 0.4) is 0 Å². The van der Waals surface area contributed by atoms with Crippen molar-refractivity contribution in [2.24, 2.45) is 0 Å². The van der Waals surface area contributed by atoms with Gasteiger partial charge in [0.25, 0.3) is 11.6 Å². The quantitative estimate of drug-likeness (QED) is 0.252. The molecule has 1 rings (SSSR count). The minimum Gasteiger partial charge on any atom is -0.385 e. The maximum Gasteiger partial charge on any atom is 0.276 e. The molecular formula is C15H20N4O4S. The Hall–Kier alpha value is -2.52. The van der Waals surface area contributed by atoms with E-state index >= 15 is 0 Å². The molecule has 1 amide bonds. The van der Waals surface area contributed by atoms with E-state index in [-0.39, 0.29) is 5.69 Å². The molecule has 0 aliphatic rings. The maximum atomic E-state index is 11.9. The molecular weight excluding hydrogens is 332 g/mol. The zero-order valence-electron chi connectivity index (χ0n) is 13.5. The molecule has 0 unspecified atom stereocenters. The molecule has 0 heterocycles. The molecule has 0 fully saturated rings. The molecule has 0 bridgehead atoms. The van der Waals surface area contributed by atoms with Crippen LogP contribution in [0.15, 0.2) is 30.3 Å². The van der Waals surface area contributed by atoms with E-state index in [4.69, 9.17) is 17.0 Å². The van der Waals surface area contributed by atoms with E-state index in [9.17, 15) is 14.9 Å². The summed E-state index contributed by atoms with van der Waals surface area (Å²) in [6, 6.07) is 6.17. The van der Waals surface area contributed by atoms with Crippen molar-refractivity contribution in [1.82, 2.24) is 15.8 Å². The Bertz CT molecular complexity index is 621. The van der Waals surface area contributed by atoms with E-state index in [1.54, 1.807) is 32.4 Å². The fourth-order valence-electron chi connectivity index (χ4n) is 1.74. The number of methoxy groups -OCH3 is 1.